The first-order valence-electron chi connectivity index (χ1n) is 9.52. The van der Waals surface area contributed by atoms with Crippen molar-refractivity contribution in [3.8, 4) is 5.75 Å². The summed E-state index contributed by atoms with van der Waals surface area (Å²) in [5, 5.41) is 2.64. The Labute approximate surface area is 171 Å². The van der Waals surface area contributed by atoms with Gasteiger partial charge in [-0.25, -0.2) is 4.79 Å². The smallest absolute Gasteiger partial charge is 0.344 e. The molecule has 0 fully saturated rings. The number of rotatable bonds is 8. The van der Waals surface area contributed by atoms with Crippen LogP contribution in [0.25, 0.3) is 0 Å². The third kappa shape index (κ3) is 6.45. The van der Waals surface area contributed by atoms with Crippen molar-refractivity contribution in [2.45, 2.75) is 46.6 Å². The fraction of sp³-hybridized carbons (Fsp3) is 0.348. The van der Waals surface area contributed by atoms with Crippen LogP contribution in [0.3, 0.4) is 0 Å². The third-order valence-corrected chi connectivity index (χ3v) is 4.46. The van der Waals surface area contributed by atoms with Crippen LogP contribution in [0.5, 0.6) is 5.75 Å². The molecule has 0 radical (unpaired) electrons. The summed E-state index contributed by atoms with van der Waals surface area (Å²) >= 11 is 0. The first-order chi connectivity index (χ1) is 13.7. The number of benzene rings is 2. The van der Waals surface area contributed by atoms with Crippen molar-refractivity contribution in [3.05, 3.63) is 59.2 Å². The van der Waals surface area contributed by atoms with Gasteiger partial charge < -0.3 is 14.8 Å². The number of hydrogen-bond acceptors (Lipinski definition) is 5. The number of anilines is 1. The highest BCUT2D eigenvalue weighted by Crippen LogP contribution is 2.23. The normalized spacial score (nSPS) is 11.7. The molecule has 0 aromatic heterocycles. The van der Waals surface area contributed by atoms with Gasteiger partial charge in [0.1, 0.15) is 5.75 Å². The van der Waals surface area contributed by atoms with E-state index in [0.29, 0.717) is 22.9 Å². The molecular formula is C23H27NO5. The molecule has 0 heterocycles. The summed E-state index contributed by atoms with van der Waals surface area (Å²) < 4.78 is 10.6. The van der Waals surface area contributed by atoms with Gasteiger partial charge in [-0.1, -0.05) is 19.9 Å². The van der Waals surface area contributed by atoms with E-state index in [-0.39, 0.29) is 12.4 Å². The summed E-state index contributed by atoms with van der Waals surface area (Å²) in [6, 6.07) is 12.2. The molecule has 0 unspecified atom stereocenters. The predicted molar refractivity (Wildman–Crippen MR) is 111 cm³/mol. The molecule has 6 heteroatoms. The van der Waals surface area contributed by atoms with Crippen LogP contribution in [-0.4, -0.2) is 30.4 Å². The second-order valence-corrected chi connectivity index (χ2v) is 7.22. The van der Waals surface area contributed by atoms with Crippen LogP contribution in [0.15, 0.2) is 42.5 Å². The van der Waals surface area contributed by atoms with Crippen molar-refractivity contribution in [2.24, 2.45) is 0 Å². The van der Waals surface area contributed by atoms with Gasteiger partial charge in [0.05, 0.1) is 0 Å². The van der Waals surface area contributed by atoms with E-state index in [4.69, 9.17) is 9.47 Å². The Hall–Kier alpha value is -3.15. The van der Waals surface area contributed by atoms with E-state index in [1.807, 2.05) is 25.1 Å². The van der Waals surface area contributed by atoms with Crippen LogP contribution >= 0.6 is 0 Å². The van der Waals surface area contributed by atoms with Crippen molar-refractivity contribution in [1.82, 2.24) is 0 Å². The number of nitrogens with one attached hydrogen (secondary N) is 1. The maximum Gasteiger partial charge on any atom is 0.344 e. The molecule has 1 atom stereocenters. The van der Waals surface area contributed by atoms with Gasteiger partial charge in [-0.2, -0.15) is 0 Å². The minimum atomic E-state index is -0.983. The summed E-state index contributed by atoms with van der Waals surface area (Å²) in [7, 11) is 0. The summed E-state index contributed by atoms with van der Waals surface area (Å²) in [5.74, 6) is -0.172. The topological polar surface area (TPSA) is 81.7 Å². The molecular weight excluding hydrogens is 370 g/mol. The zero-order valence-electron chi connectivity index (χ0n) is 17.4. The molecule has 2 rings (SSSR count). The molecule has 6 nitrogen and oxygen atoms in total. The molecule has 1 amide bonds. The maximum absolute atomic E-state index is 12.2. The number of carbonyl (C=O) groups is 3. The van der Waals surface area contributed by atoms with Gasteiger partial charge in [-0.15, -0.1) is 0 Å². The minimum absolute atomic E-state index is 0.0563. The molecule has 0 aliphatic heterocycles. The fourth-order valence-corrected chi connectivity index (χ4v) is 2.84. The van der Waals surface area contributed by atoms with E-state index in [9.17, 15) is 14.4 Å². The van der Waals surface area contributed by atoms with E-state index >= 15 is 0 Å². The number of ketones is 1. The Morgan fingerprint density at radius 3 is 2.21 bits per heavy atom. The molecule has 2 aromatic carbocycles. The summed E-state index contributed by atoms with van der Waals surface area (Å²) in [5.41, 5.74) is 3.38. The molecule has 0 saturated carbocycles. The van der Waals surface area contributed by atoms with E-state index in [1.54, 1.807) is 24.3 Å². The third-order valence-electron chi connectivity index (χ3n) is 4.46. The summed E-state index contributed by atoms with van der Waals surface area (Å²) in [6.07, 6.45) is -0.983. The number of esters is 1. The van der Waals surface area contributed by atoms with Gasteiger partial charge in [0.25, 0.3) is 5.91 Å². The lowest BCUT2D eigenvalue weighted by Gasteiger charge is -2.15. The number of hydrogen-bond donors (Lipinski definition) is 1. The van der Waals surface area contributed by atoms with E-state index in [2.05, 4.69) is 19.2 Å². The molecule has 0 aliphatic rings. The van der Waals surface area contributed by atoms with Crippen LogP contribution in [0.2, 0.25) is 0 Å². The monoisotopic (exact) mass is 397 g/mol. The first kappa shape index (κ1) is 22.1. The highest BCUT2D eigenvalue weighted by atomic mass is 16.6. The van der Waals surface area contributed by atoms with Gasteiger partial charge in [0.15, 0.2) is 18.5 Å². The number of amides is 1. The number of Topliss-reactive ketones (excluding diaryl/α,β-unsaturated/α-hetero) is 1. The lowest BCUT2D eigenvalue weighted by atomic mass is 9.98. The molecule has 0 spiro atoms. The second kappa shape index (κ2) is 9.87. The van der Waals surface area contributed by atoms with Crippen LogP contribution in [0, 0.1) is 6.92 Å². The average molecular weight is 397 g/mol. The summed E-state index contributed by atoms with van der Waals surface area (Å²) in [4.78, 5) is 35.5. The largest absolute Gasteiger partial charge is 0.482 e. The van der Waals surface area contributed by atoms with Crippen LogP contribution in [0.1, 0.15) is 55.1 Å². The predicted octanol–water partition coefficient (Wildman–Crippen LogP) is 4.27. The van der Waals surface area contributed by atoms with E-state index in [0.717, 1.165) is 5.56 Å². The van der Waals surface area contributed by atoms with Crippen LogP contribution in [0.4, 0.5) is 5.69 Å². The first-order valence-corrected chi connectivity index (χ1v) is 9.52. The zero-order chi connectivity index (χ0) is 21.6. The van der Waals surface area contributed by atoms with E-state index in [1.165, 1.54) is 19.4 Å². The van der Waals surface area contributed by atoms with Gasteiger partial charge in [-0.05, 0) is 74.2 Å². The minimum Gasteiger partial charge on any atom is -0.482 e. The Balaban J connectivity index is 1.84. The van der Waals surface area contributed by atoms with Crippen molar-refractivity contribution in [3.63, 3.8) is 0 Å². The number of ether oxygens (including phenoxy) is 2. The number of carbonyl (C=O) groups excluding carboxylic acids is 3. The second-order valence-electron chi connectivity index (χ2n) is 7.22. The summed E-state index contributed by atoms with van der Waals surface area (Å²) in [6.45, 7) is 8.89. The molecule has 154 valence electrons. The van der Waals surface area contributed by atoms with Crippen molar-refractivity contribution >= 4 is 23.3 Å². The molecule has 0 bridgehead atoms. The SMILES string of the molecule is CC(=O)c1ccc(NC(=O)[C@@H](C)OC(=O)COc2ccc(C(C)C)c(C)c2)cc1. The Morgan fingerprint density at radius 1 is 1.00 bits per heavy atom. The van der Waals surface area contributed by atoms with Gasteiger partial charge in [-0.3, -0.25) is 9.59 Å². The zero-order valence-corrected chi connectivity index (χ0v) is 17.4. The lowest BCUT2D eigenvalue weighted by molar-refractivity contribution is -0.155. The van der Waals surface area contributed by atoms with Gasteiger partial charge >= 0.3 is 5.97 Å². The fourth-order valence-electron chi connectivity index (χ4n) is 2.84. The van der Waals surface area contributed by atoms with Gasteiger partial charge in [0.2, 0.25) is 0 Å². The van der Waals surface area contributed by atoms with Gasteiger partial charge in [0, 0.05) is 11.3 Å². The lowest BCUT2D eigenvalue weighted by Crippen LogP contribution is -2.31. The highest BCUT2D eigenvalue weighted by Gasteiger charge is 2.18. The quantitative estimate of drug-likeness (QED) is 0.531. The van der Waals surface area contributed by atoms with E-state index < -0.39 is 18.0 Å². The van der Waals surface area contributed by atoms with Crippen molar-refractivity contribution < 1.29 is 23.9 Å². The molecule has 0 aliphatic carbocycles. The van der Waals surface area contributed by atoms with Crippen molar-refractivity contribution in [1.29, 1.82) is 0 Å². The molecule has 29 heavy (non-hydrogen) atoms. The number of aryl methyl sites for hydroxylation is 1. The molecule has 1 N–H and O–H groups in total. The highest BCUT2D eigenvalue weighted by molar-refractivity contribution is 5.97. The standard InChI is InChI=1S/C23H27NO5/c1-14(2)21-11-10-20(12-15(21)3)28-13-22(26)29-17(5)23(27)24-19-8-6-18(7-9-19)16(4)25/h6-12,14,17H,13H2,1-5H3,(H,24,27)/t17-/m1/s1. The Bertz CT molecular complexity index is 887. The van der Waals surface area contributed by atoms with Crippen LogP contribution < -0.4 is 10.1 Å². The average Bonchev–Trinajstić information content (AvgIpc) is 2.66. The maximum atomic E-state index is 12.2. The molecule has 2 aromatic rings. The van der Waals surface area contributed by atoms with Crippen LogP contribution in [-0.2, 0) is 14.3 Å². The Kier molecular flexibility index (Phi) is 7.53. The van der Waals surface area contributed by atoms with Crippen molar-refractivity contribution in [2.75, 3.05) is 11.9 Å². The molecule has 0 saturated heterocycles. The Morgan fingerprint density at radius 2 is 1.66 bits per heavy atom.